The van der Waals surface area contributed by atoms with Crippen LogP contribution in [0.4, 0.5) is 10.5 Å². The van der Waals surface area contributed by atoms with Gasteiger partial charge in [-0.25, -0.2) is 4.79 Å². The molecular weight excluding hydrogens is 478 g/mol. The number of carbonyl (C=O) groups excluding carboxylic acids is 1. The van der Waals surface area contributed by atoms with Crippen LogP contribution in [0, 0.1) is 13.8 Å². The van der Waals surface area contributed by atoms with Gasteiger partial charge in [0.1, 0.15) is 5.75 Å². The van der Waals surface area contributed by atoms with Crippen molar-refractivity contribution in [2.75, 3.05) is 38.1 Å². The van der Waals surface area contributed by atoms with Crippen LogP contribution in [0.2, 0.25) is 0 Å². The maximum Gasteiger partial charge on any atom is 0.322 e. The van der Waals surface area contributed by atoms with Gasteiger partial charge in [0.05, 0.1) is 18.7 Å². The van der Waals surface area contributed by atoms with E-state index in [0.717, 1.165) is 54.8 Å². The third-order valence-electron chi connectivity index (χ3n) is 7.59. The number of nitrogens with zero attached hydrogens (tertiary/aromatic N) is 2. The fraction of sp³-hybridized carbons (Fsp3) is 0.467. The number of aryl methyl sites for hydroxylation is 2. The van der Waals surface area contributed by atoms with E-state index >= 15 is 0 Å². The predicted octanol–water partition coefficient (Wildman–Crippen LogP) is 4.78. The first-order valence-electron chi connectivity index (χ1n) is 13.7. The lowest BCUT2D eigenvalue weighted by Gasteiger charge is -2.29. The van der Waals surface area contributed by atoms with Gasteiger partial charge in [-0.2, -0.15) is 0 Å². The van der Waals surface area contributed by atoms with Crippen LogP contribution in [0.1, 0.15) is 49.4 Å². The van der Waals surface area contributed by atoms with Crippen molar-refractivity contribution in [2.45, 2.75) is 60.2 Å². The summed E-state index contributed by atoms with van der Waals surface area (Å²) in [6.45, 7) is 15.7. The van der Waals surface area contributed by atoms with Gasteiger partial charge < -0.3 is 25.3 Å². The highest BCUT2D eigenvalue weighted by atomic mass is 16.5. The molecule has 1 aromatic heterocycles. The van der Waals surface area contributed by atoms with Crippen LogP contribution in [0.3, 0.4) is 0 Å². The Kier molecular flexibility index (Phi) is 9.07. The first-order valence-corrected chi connectivity index (χ1v) is 13.7. The summed E-state index contributed by atoms with van der Waals surface area (Å²) in [6, 6.07) is 11.2. The molecule has 38 heavy (non-hydrogen) atoms. The molecule has 204 valence electrons. The minimum Gasteiger partial charge on any atom is -0.494 e. The van der Waals surface area contributed by atoms with Gasteiger partial charge in [-0.15, -0.1) is 0 Å². The molecule has 1 fully saturated rings. The number of anilines is 1. The highest BCUT2D eigenvalue weighted by Gasteiger charge is 2.28. The molecule has 8 nitrogen and oxygen atoms in total. The van der Waals surface area contributed by atoms with Crippen LogP contribution >= 0.6 is 0 Å². The monoisotopic (exact) mass is 519 g/mol. The molecule has 2 heterocycles. The Hall–Kier alpha value is -3.36. The van der Waals surface area contributed by atoms with Crippen molar-refractivity contribution in [3.8, 4) is 5.75 Å². The molecule has 2 amide bonds. The number of rotatable bonds is 10. The number of pyridine rings is 1. The fourth-order valence-corrected chi connectivity index (χ4v) is 5.27. The summed E-state index contributed by atoms with van der Waals surface area (Å²) >= 11 is 0. The number of carbonyl (C=O) groups is 1. The summed E-state index contributed by atoms with van der Waals surface area (Å²) in [5.74, 6) is 0.760. The zero-order chi connectivity index (χ0) is 27.2. The van der Waals surface area contributed by atoms with Crippen LogP contribution in [-0.4, -0.2) is 59.6 Å². The number of fused-ring (bicyclic) bond motifs is 1. The lowest BCUT2D eigenvalue weighted by Crippen LogP contribution is -2.44. The second kappa shape index (κ2) is 12.5. The normalized spacial score (nSPS) is 15.3. The van der Waals surface area contributed by atoms with Gasteiger partial charge in [0.2, 0.25) is 0 Å². The average Bonchev–Trinajstić information content (AvgIpc) is 3.44. The van der Waals surface area contributed by atoms with Gasteiger partial charge in [-0.1, -0.05) is 13.8 Å². The van der Waals surface area contributed by atoms with Crippen molar-refractivity contribution in [2.24, 2.45) is 0 Å². The number of aromatic amines is 1. The summed E-state index contributed by atoms with van der Waals surface area (Å²) < 4.78 is 5.50. The number of nitrogens with one attached hydrogen (secondary N) is 3. The smallest absolute Gasteiger partial charge is 0.322 e. The maximum atomic E-state index is 13.4. The van der Waals surface area contributed by atoms with E-state index in [9.17, 15) is 9.59 Å². The fourth-order valence-electron chi connectivity index (χ4n) is 5.27. The predicted molar refractivity (Wildman–Crippen MR) is 154 cm³/mol. The zero-order valence-electron chi connectivity index (χ0n) is 23.3. The standard InChI is InChI=1S/C30H41N5O3/c1-6-34(7-2)19-27-20(4)15-22-16-23(29(36)33-28(22)21(27)5)18-35(25-13-14-31-17-25)30(37)32-24-9-11-26(12-10-24)38-8-3/h9-12,15-16,25,31H,6-8,13-14,17-19H2,1-5H3,(H,32,37)(H,33,36). The molecule has 0 aliphatic carbocycles. The van der Waals surface area contributed by atoms with Gasteiger partial charge >= 0.3 is 6.03 Å². The third kappa shape index (κ3) is 6.19. The van der Waals surface area contributed by atoms with Crippen molar-refractivity contribution in [3.05, 3.63) is 69.0 Å². The Morgan fingerprint density at radius 3 is 2.45 bits per heavy atom. The summed E-state index contributed by atoms with van der Waals surface area (Å²) in [5, 5.41) is 7.34. The molecule has 1 unspecified atom stereocenters. The van der Waals surface area contributed by atoms with Gasteiger partial charge in [0.25, 0.3) is 5.56 Å². The van der Waals surface area contributed by atoms with E-state index in [1.54, 1.807) is 4.90 Å². The van der Waals surface area contributed by atoms with Crippen LogP contribution in [0.5, 0.6) is 5.75 Å². The molecule has 8 heteroatoms. The van der Waals surface area contributed by atoms with E-state index in [1.807, 2.05) is 37.3 Å². The number of hydrogen-bond acceptors (Lipinski definition) is 5. The SMILES string of the molecule is CCOc1ccc(NC(=O)N(Cc2cc3cc(C)c(CN(CC)CC)c(C)c3[nH]c2=O)C2CCNC2)cc1. The van der Waals surface area contributed by atoms with Crippen LogP contribution in [0.25, 0.3) is 10.9 Å². The summed E-state index contributed by atoms with van der Waals surface area (Å²) in [7, 11) is 0. The highest BCUT2D eigenvalue weighted by molar-refractivity contribution is 5.90. The molecule has 2 aromatic carbocycles. The number of H-pyrrole nitrogens is 1. The molecular formula is C30H41N5O3. The first-order chi connectivity index (χ1) is 18.3. The van der Waals surface area contributed by atoms with E-state index in [0.29, 0.717) is 24.4 Å². The van der Waals surface area contributed by atoms with Gasteiger partial charge in [-0.05, 0) is 105 Å². The Bertz CT molecular complexity index is 1310. The number of benzene rings is 2. The van der Waals surface area contributed by atoms with E-state index < -0.39 is 0 Å². The molecule has 1 aliphatic rings. The van der Waals surface area contributed by atoms with Crippen molar-refractivity contribution in [3.63, 3.8) is 0 Å². The zero-order valence-corrected chi connectivity index (χ0v) is 23.3. The topological polar surface area (TPSA) is 89.7 Å². The van der Waals surface area contributed by atoms with Crippen LogP contribution < -0.4 is 20.9 Å². The number of ether oxygens (including phenoxy) is 1. The quantitative estimate of drug-likeness (QED) is 0.359. The van der Waals surface area contributed by atoms with Crippen molar-refractivity contribution in [1.29, 1.82) is 0 Å². The molecule has 0 spiro atoms. The number of hydrogen-bond donors (Lipinski definition) is 3. The Morgan fingerprint density at radius 1 is 1.08 bits per heavy atom. The first kappa shape index (κ1) is 27.7. The van der Waals surface area contributed by atoms with Gasteiger partial charge in [-0.3, -0.25) is 9.69 Å². The Labute approximate surface area is 225 Å². The molecule has 1 atom stereocenters. The molecule has 0 bridgehead atoms. The minimum absolute atomic E-state index is 0.00714. The van der Waals surface area contributed by atoms with Crippen molar-refractivity contribution < 1.29 is 9.53 Å². The minimum atomic E-state index is -0.218. The van der Waals surface area contributed by atoms with Crippen LogP contribution in [-0.2, 0) is 13.1 Å². The molecule has 0 radical (unpaired) electrons. The molecule has 3 N–H and O–H groups in total. The number of aromatic nitrogens is 1. The van der Waals surface area contributed by atoms with Crippen LogP contribution in [0.15, 0.2) is 41.2 Å². The molecule has 0 saturated carbocycles. The van der Waals surface area contributed by atoms with E-state index in [4.69, 9.17) is 4.74 Å². The van der Waals surface area contributed by atoms with Crippen molar-refractivity contribution in [1.82, 2.24) is 20.1 Å². The summed E-state index contributed by atoms with van der Waals surface area (Å²) in [6.07, 6.45) is 0.842. The lowest BCUT2D eigenvalue weighted by molar-refractivity contribution is 0.188. The molecule has 4 rings (SSSR count). The highest BCUT2D eigenvalue weighted by Crippen LogP contribution is 2.26. The summed E-state index contributed by atoms with van der Waals surface area (Å²) in [5.41, 5.74) is 5.58. The molecule has 3 aromatic rings. The third-order valence-corrected chi connectivity index (χ3v) is 7.59. The Morgan fingerprint density at radius 2 is 1.82 bits per heavy atom. The van der Waals surface area contributed by atoms with E-state index in [2.05, 4.69) is 54.3 Å². The van der Waals surface area contributed by atoms with Crippen molar-refractivity contribution >= 4 is 22.6 Å². The van der Waals surface area contributed by atoms with E-state index in [-0.39, 0.29) is 24.2 Å². The maximum absolute atomic E-state index is 13.4. The number of amides is 2. The van der Waals surface area contributed by atoms with Gasteiger partial charge in [0, 0.05) is 30.4 Å². The van der Waals surface area contributed by atoms with E-state index in [1.165, 1.54) is 11.1 Å². The summed E-state index contributed by atoms with van der Waals surface area (Å²) in [4.78, 5) is 34.0. The molecule has 1 saturated heterocycles. The average molecular weight is 520 g/mol. The molecule has 1 aliphatic heterocycles. The Balaban J connectivity index is 1.61. The largest absolute Gasteiger partial charge is 0.494 e. The number of urea groups is 1. The lowest BCUT2D eigenvalue weighted by atomic mass is 9.97. The second-order valence-corrected chi connectivity index (χ2v) is 10.0. The van der Waals surface area contributed by atoms with Gasteiger partial charge in [0.15, 0.2) is 0 Å². The second-order valence-electron chi connectivity index (χ2n) is 10.0.